The van der Waals surface area contributed by atoms with Crippen molar-refractivity contribution in [2.45, 2.75) is 96.2 Å². The largest absolute Gasteiger partial charge is 0.477 e. The molecule has 3 saturated heterocycles. The number of halogens is 2. The second kappa shape index (κ2) is 16.9. The Morgan fingerprint density at radius 1 is 0.844 bits per heavy atom. The molecule has 3 atom stereocenters. The van der Waals surface area contributed by atoms with Crippen LogP contribution in [-0.4, -0.2) is 98.9 Å². The van der Waals surface area contributed by atoms with Crippen molar-refractivity contribution in [3.05, 3.63) is 76.6 Å². The number of hydrogen-bond acceptors (Lipinski definition) is 10. The highest BCUT2D eigenvalue weighted by Gasteiger charge is 2.35. The van der Waals surface area contributed by atoms with E-state index in [4.69, 9.17) is 14.7 Å². The summed E-state index contributed by atoms with van der Waals surface area (Å²) in [6, 6.07) is 13.5. The topological polar surface area (TPSA) is 143 Å². The van der Waals surface area contributed by atoms with Crippen molar-refractivity contribution >= 4 is 46.1 Å². The number of imide groups is 1. The lowest BCUT2D eigenvalue weighted by Gasteiger charge is -2.44. The van der Waals surface area contributed by atoms with Crippen molar-refractivity contribution in [2.24, 2.45) is 18.9 Å². The molecular weight excluding hydrogens is 819 g/mol. The van der Waals surface area contributed by atoms with Crippen molar-refractivity contribution in [1.29, 1.82) is 0 Å². The molecule has 16 heteroatoms. The zero-order chi connectivity index (χ0) is 44.4. The maximum atomic E-state index is 15.3. The van der Waals surface area contributed by atoms with Gasteiger partial charge in [-0.2, -0.15) is 5.10 Å². The summed E-state index contributed by atoms with van der Waals surface area (Å²) in [5.74, 6) is -1.79. The predicted molar refractivity (Wildman–Crippen MR) is 240 cm³/mol. The first-order valence-corrected chi connectivity index (χ1v) is 22.9. The SMILES string of the molecule is Cc1cc2cc(n1)-c1c(C)nn(C)c1OC[C@H]1CC[C@H](C1)Cn1c(nc3ccc(N(C)C4CCN(C5CCN(c6cc(F)c([C@H]7CCC(=O)NC7=O)c(F)c6)CC5)CC4)cc31)NC2=O. The van der Waals surface area contributed by atoms with Gasteiger partial charge in [-0.3, -0.25) is 30.0 Å². The number of fused-ring (bicyclic) bond motifs is 9. The number of aryl methyl sites for hydroxylation is 3. The summed E-state index contributed by atoms with van der Waals surface area (Å²) in [5.41, 5.74) is 6.66. The molecule has 3 amide bonds. The second-order valence-corrected chi connectivity index (χ2v) is 18.7. The number of imidazole rings is 1. The van der Waals surface area contributed by atoms with Crippen LogP contribution in [0.25, 0.3) is 22.3 Å². The number of likely N-dealkylation sites (tertiary alicyclic amines) is 1. The van der Waals surface area contributed by atoms with Crippen LogP contribution in [0.2, 0.25) is 0 Å². The summed E-state index contributed by atoms with van der Waals surface area (Å²) in [6.07, 6.45) is 7.08. The molecule has 2 aromatic carbocycles. The van der Waals surface area contributed by atoms with Crippen LogP contribution in [-0.2, 0) is 23.2 Å². The van der Waals surface area contributed by atoms with Crippen LogP contribution in [0.15, 0.2) is 42.5 Å². The fourth-order valence-electron chi connectivity index (χ4n) is 11.2. The highest BCUT2D eigenvalue weighted by molar-refractivity contribution is 6.05. The summed E-state index contributed by atoms with van der Waals surface area (Å²) in [4.78, 5) is 54.9. The third-order valence-electron chi connectivity index (χ3n) is 14.6. The molecule has 4 bridgehead atoms. The first-order valence-electron chi connectivity index (χ1n) is 22.9. The van der Waals surface area contributed by atoms with Crippen molar-refractivity contribution < 1.29 is 27.9 Å². The second-order valence-electron chi connectivity index (χ2n) is 18.7. The molecule has 5 aliphatic rings. The van der Waals surface area contributed by atoms with Crippen molar-refractivity contribution in [2.75, 3.05) is 55.0 Å². The van der Waals surface area contributed by atoms with Crippen LogP contribution in [0, 0.1) is 37.3 Å². The Morgan fingerprint density at radius 2 is 1.59 bits per heavy atom. The van der Waals surface area contributed by atoms with Crippen molar-refractivity contribution in [1.82, 2.24) is 34.5 Å². The highest BCUT2D eigenvalue weighted by atomic mass is 19.1. The Labute approximate surface area is 371 Å². The van der Waals surface area contributed by atoms with Gasteiger partial charge in [-0.05, 0) is 120 Å². The van der Waals surface area contributed by atoms with Crippen LogP contribution in [0.4, 0.5) is 26.1 Å². The maximum Gasteiger partial charge on any atom is 0.258 e. The summed E-state index contributed by atoms with van der Waals surface area (Å²) in [5, 5.41) is 10.1. The number of carbonyl (C=O) groups excluding carboxylic acids is 3. The number of nitrogens with one attached hydrogen (secondary N) is 2. The molecule has 10 rings (SSSR count). The third-order valence-corrected chi connectivity index (χ3v) is 14.6. The molecule has 1 aliphatic carbocycles. The van der Waals surface area contributed by atoms with Crippen LogP contribution >= 0.6 is 0 Å². The van der Waals surface area contributed by atoms with Gasteiger partial charge in [0, 0.05) is 93.5 Å². The van der Waals surface area contributed by atoms with E-state index < -0.39 is 29.4 Å². The van der Waals surface area contributed by atoms with Crippen molar-refractivity contribution in [3.63, 3.8) is 0 Å². The molecule has 2 N–H and O–H groups in total. The highest BCUT2D eigenvalue weighted by Crippen LogP contribution is 2.39. The number of hydrogen-bond donors (Lipinski definition) is 2. The van der Waals surface area contributed by atoms with Gasteiger partial charge in [-0.15, -0.1) is 0 Å². The maximum absolute atomic E-state index is 15.3. The number of rotatable bonds is 5. The molecule has 4 aliphatic heterocycles. The molecule has 0 spiro atoms. The Hall–Kier alpha value is -5.90. The average Bonchev–Trinajstić information content (AvgIpc) is 3.96. The van der Waals surface area contributed by atoms with Crippen LogP contribution in [0.5, 0.6) is 5.88 Å². The third kappa shape index (κ3) is 7.98. The van der Waals surface area contributed by atoms with Gasteiger partial charge in [0.05, 0.1) is 40.5 Å². The normalized spacial score (nSPS) is 22.6. The number of piperidine rings is 3. The van der Waals surface area contributed by atoms with Crippen molar-refractivity contribution in [3.8, 4) is 17.1 Å². The average molecular weight is 875 g/mol. The number of ether oxygens (including phenoxy) is 1. The van der Waals surface area contributed by atoms with Crippen LogP contribution in [0.1, 0.15) is 91.0 Å². The zero-order valence-corrected chi connectivity index (χ0v) is 37.0. The summed E-state index contributed by atoms with van der Waals surface area (Å²) in [7, 11) is 4.06. The lowest BCUT2D eigenvalue weighted by molar-refractivity contribution is -0.134. The number of aromatic nitrogens is 5. The Kier molecular flexibility index (Phi) is 11.1. The van der Waals surface area contributed by atoms with Gasteiger partial charge >= 0.3 is 0 Å². The predicted octanol–water partition coefficient (Wildman–Crippen LogP) is 6.88. The summed E-state index contributed by atoms with van der Waals surface area (Å²) >= 11 is 0. The van der Waals surface area contributed by atoms with Crippen LogP contribution < -0.4 is 25.2 Å². The molecule has 4 fully saturated rings. The van der Waals surface area contributed by atoms with E-state index in [0.717, 1.165) is 98.3 Å². The van der Waals surface area contributed by atoms with Gasteiger partial charge < -0.3 is 24.0 Å². The van der Waals surface area contributed by atoms with Gasteiger partial charge in [0.2, 0.25) is 23.6 Å². The Balaban J connectivity index is 0.817. The molecule has 64 heavy (non-hydrogen) atoms. The van der Waals surface area contributed by atoms with E-state index in [1.165, 1.54) is 12.1 Å². The van der Waals surface area contributed by atoms with E-state index in [9.17, 15) is 14.4 Å². The van der Waals surface area contributed by atoms with E-state index in [-0.39, 0.29) is 24.3 Å². The van der Waals surface area contributed by atoms with E-state index >= 15 is 8.78 Å². The minimum atomic E-state index is -1.01. The first kappa shape index (κ1) is 42.1. The molecule has 0 unspecified atom stereocenters. The molecular formula is C48H56F2N10O4. The Bertz CT molecular complexity index is 2620. The number of nitrogens with zero attached hydrogens (tertiary/aromatic N) is 8. The molecule has 7 heterocycles. The smallest absolute Gasteiger partial charge is 0.258 e. The number of anilines is 3. The molecule has 0 radical (unpaired) electrons. The van der Waals surface area contributed by atoms with Crippen LogP contribution in [0.3, 0.4) is 0 Å². The minimum absolute atomic E-state index is 0.0607. The monoisotopic (exact) mass is 874 g/mol. The lowest BCUT2D eigenvalue weighted by atomic mass is 9.89. The van der Waals surface area contributed by atoms with E-state index in [1.54, 1.807) is 10.7 Å². The fraction of sp³-hybridized carbons (Fsp3) is 0.500. The standard InChI is InChI=1S/C48H56F2N10O4/c1-27-19-31-21-40(51-27)43-28(2)55-57(4)47(43)64-26-30-6-5-29(20-30)25-60-41-24-34(7-9-39(41)52-48(60)54-45(31)62)56(3)32-11-15-58(16-12-32)33-13-17-59(18-14-33)35-22-37(49)44(38(50)23-35)36-8-10-42(61)53-46(36)63/h7,9,19,21-24,29-30,32-33,36H,5-6,8,10-18,20,25-26H2,1-4H3,(H,52,54,62)(H,53,61,63)/t29-,30+,36-/m1/s1. The first-order chi connectivity index (χ1) is 30.9. The summed E-state index contributed by atoms with van der Waals surface area (Å²) < 4.78 is 41.2. The Morgan fingerprint density at radius 3 is 2.34 bits per heavy atom. The van der Waals surface area contributed by atoms with E-state index in [2.05, 4.69) is 55.3 Å². The zero-order valence-electron chi connectivity index (χ0n) is 37.0. The minimum Gasteiger partial charge on any atom is -0.477 e. The lowest BCUT2D eigenvalue weighted by Crippen LogP contribution is -2.50. The number of carbonyl (C=O) groups is 3. The molecule has 3 aromatic heterocycles. The fourth-order valence-corrected chi connectivity index (χ4v) is 11.2. The summed E-state index contributed by atoms with van der Waals surface area (Å²) in [6.45, 7) is 8.46. The molecule has 14 nitrogen and oxygen atoms in total. The van der Waals surface area contributed by atoms with E-state index in [1.807, 2.05) is 31.9 Å². The van der Waals surface area contributed by atoms with Gasteiger partial charge in [0.15, 0.2) is 0 Å². The van der Waals surface area contributed by atoms with E-state index in [0.29, 0.717) is 72.4 Å². The molecule has 336 valence electrons. The number of benzene rings is 2. The molecule has 5 aromatic rings. The quantitative estimate of drug-likeness (QED) is 0.180. The number of pyridine rings is 1. The van der Waals surface area contributed by atoms with Gasteiger partial charge in [-0.1, -0.05) is 0 Å². The van der Waals surface area contributed by atoms with Gasteiger partial charge in [-0.25, -0.2) is 18.4 Å². The number of amides is 3. The van der Waals surface area contributed by atoms with Gasteiger partial charge in [0.25, 0.3) is 5.91 Å². The van der Waals surface area contributed by atoms with Gasteiger partial charge in [0.1, 0.15) is 11.6 Å². The molecule has 1 saturated carbocycles.